The summed E-state index contributed by atoms with van der Waals surface area (Å²) < 4.78 is 4.68. The minimum Gasteiger partial charge on any atom is -0.479 e. The number of carbonyl (C=O) groups is 1. The molecule has 0 amide bonds. The zero-order valence-electron chi connectivity index (χ0n) is 6.47. The van der Waals surface area contributed by atoms with Crippen molar-refractivity contribution in [1.29, 1.82) is 5.26 Å². The minimum atomic E-state index is -1.09. The fourth-order valence-electron chi connectivity index (χ4n) is 0.584. The average molecular weight is 179 g/mol. The van der Waals surface area contributed by atoms with Gasteiger partial charge >= 0.3 is 5.97 Å². The predicted molar refractivity (Wildman–Crippen MR) is 39.9 cm³/mol. The zero-order chi connectivity index (χ0) is 9.68. The molecule has 0 atom stereocenters. The van der Waals surface area contributed by atoms with E-state index in [9.17, 15) is 4.79 Å². The summed E-state index contributed by atoms with van der Waals surface area (Å²) in [5, 5.41) is 16.6. The van der Waals surface area contributed by atoms with Crippen molar-refractivity contribution < 1.29 is 14.6 Å². The summed E-state index contributed by atoms with van der Waals surface area (Å²) in [7, 11) is 0. The molecule has 13 heavy (non-hydrogen) atoms. The maximum Gasteiger partial charge on any atom is 0.341 e. The number of aromatic nitrogens is 2. The summed E-state index contributed by atoms with van der Waals surface area (Å²) in [6, 6.07) is 1.77. The van der Waals surface area contributed by atoms with Crippen molar-refractivity contribution in [3.05, 3.63) is 18.1 Å². The minimum absolute atomic E-state index is 0.0846. The number of carboxylic acids is 1. The van der Waals surface area contributed by atoms with Gasteiger partial charge in [0, 0.05) is 0 Å². The van der Waals surface area contributed by atoms with Gasteiger partial charge in [-0.3, -0.25) is 0 Å². The second-order valence-corrected chi connectivity index (χ2v) is 2.03. The molecule has 0 saturated carbocycles. The Morgan fingerprint density at radius 3 is 2.85 bits per heavy atom. The van der Waals surface area contributed by atoms with E-state index < -0.39 is 12.6 Å². The Morgan fingerprint density at radius 1 is 1.62 bits per heavy atom. The van der Waals surface area contributed by atoms with Gasteiger partial charge in [-0.15, -0.1) is 0 Å². The van der Waals surface area contributed by atoms with Crippen molar-refractivity contribution in [2.24, 2.45) is 0 Å². The molecule has 1 heterocycles. The van der Waals surface area contributed by atoms with Gasteiger partial charge < -0.3 is 9.84 Å². The van der Waals surface area contributed by atoms with Crippen LogP contribution in [0.15, 0.2) is 12.4 Å². The maximum atomic E-state index is 10.1. The van der Waals surface area contributed by atoms with E-state index in [4.69, 9.17) is 10.4 Å². The van der Waals surface area contributed by atoms with Crippen molar-refractivity contribution in [2.45, 2.75) is 0 Å². The first kappa shape index (κ1) is 8.93. The van der Waals surface area contributed by atoms with Crippen LogP contribution in [0.3, 0.4) is 0 Å². The predicted octanol–water partition coefficient (Wildman–Crippen LogP) is -0.188. The van der Waals surface area contributed by atoms with Gasteiger partial charge in [0.05, 0.1) is 12.4 Å². The Labute approximate surface area is 73.4 Å². The molecular weight excluding hydrogens is 174 g/mol. The molecule has 1 rings (SSSR count). The van der Waals surface area contributed by atoms with Gasteiger partial charge in [0.1, 0.15) is 6.07 Å². The molecule has 0 radical (unpaired) electrons. The summed E-state index contributed by atoms with van der Waals surface area (Å²) in [4.78, 5) is 17.4. The molecule has 0 bridgehead atoms. The van der Waals surface area contributed by atoms with E-state index in [0.717, 1.165) is 0 Å². The molecule has 0 aliphatic carbocycles. The number of nitriles is 1. The molecule has 6 nitrogen and oxygen atoms in total. The SMILES string of the molecule is N#Cc1cnc(OCC(=O)O)cn1. The van der Waals surface area contributed by atoms with E-state index in [2.05, 4.69) is 14.7 Å². The van der Waals surface area contributed by atoms with Crippen molar-refractivity contribution in [2.75, 3.05) is 6.61 Å². The van der Waals surface area contributed by atoms with Crippen LogP contribution in [-0.2, 0) is 4.79 Å². The van der Waals surface area contributed by atoms with Crippen LogP contribution >= 0.6 is 0 Å². The van der Waals surface area contributed by atoms with Gasteiger partial charge in [-0.1, -0.05) is 0 Å². The smallest absolute Gasteiger partial charge is 0.341 e. The highest BCUT2D eigenvalue weighted by Gasteiger charge is 2.00. The first-order chi connectivity index (χ1) is 6.22. The van der Waals surface area contributed by atoms with E-state index in [1.165, 1.54) is 12.4 Å². The van der Waals surface area contributed by atoms with Crippen LogP contribution in [0, 0.1) is 11.3 Å². The molecule has 0 aliphatic heterocycles. The highest BCUT2D eigenvalue weighted by atomic mass is 16.5. The normalized spacial score (nSPS) is 8.85. The molecule has 1 N–H and O–H groups in total. The van der Waals surface area contributed by atoms with E-state index >= 15 is 0 Å². The Bertz CT molecular complexity index is 341. The van der Waals surface area contributed by atoms with Crippen LogP contribution in [0.5, 0.6) is 5.88 Å². The van der Waals surface area contributed by atoms with Gasteiger partial charge in [0.2, 0.25) is 5.88 Å². The fourth-order valence-corrected chi connectivity index (χ4v) is 0.584. The lowest BCUT2D eigenvalue weighted by Crippen LogP contribution is -2.10. The standard InChI is InChI=1S/C7H5N3O3/c8-1-5-2-10-6(3-9-5)13-4-7(11)12/h2-3H,4H2,(H,11,12). The number of ether oxygens (including phenoxy) is 1. The van der Waals surface area contributed by atoms with Crippen molar-refractivity contribution in [3.63, 3.8) is 0 Å². The summed E-state index contributed by atoms with van der Waals surface area (Å²) >= 11 is 0. The average Bonchev–Trinajstić information content (AvgIpc) is 2.15. The van der Waals surface area contributed by atoms with Crippen LogP contribution in [0.2, 0.25) is 0 Å². The molecule has 0 unspecified atom stereocenters. The largest absolute Gasteiger partial charge is 0.479 e. The molecular formula is C7H5N3O3. The van der Waals surface area contributed by atoms with Crippen LogP contribution in [-0.4, -0.2) is 27.7 Å². The Balaban J connectivity index is 2.60. The topological polar surface area (TPSA) is 96.1 Å². The monoisotopic (exact) mass is 179 g/mol. The summed E-state index contributed by atoms with van der Waals surface area (Å²) in [6.07, 6.45) is 2.40. The molecule has 1 aromatic rings. The zero-order valence-corrected chi connectivity index (χ0v) is 6.47. The third-order valence-electron chi connectivity index (χ3n) is 1.09. The molecule has 0 aromatic carbocycles. The first-order valence-electron chi connectivity index (χ1n) is 3.29. The number of hydrogen-bond acceptors (Lipinski definition) is 5. The van der Waals surface area contributed by atoms with E-state index in [-0.39, 0.29) is 11.6 Å². The third-order valence-corrected chi connectivity index (χ3v) is 1.09. The van der Waals surface area contributed by atoms with Crippen LogP contribution in [0.25, 0.3) is 0 Å². The van der Waals surface area contributed by atoms with Gasteiger partial charge in [-0.2, -0.15) is 5.26 Å². The number of carboxylic acid groups (broad SMARTS) is 1. The molecule has 0 spiro atoms. The summed E-state index contributed by atoms with van der Waals surface area (Å²) in [5.74, 6) is -1.01. The highest BCUT2D eigenvalue weighted by Crippen LogP contribution is 2.02. The van der Waals surface area contributed by atoms with E-state index in [0.29, 0.717) is 0 Å². The Kier molecular flexibility index (Phi) is 2.76. The van der Waals surface area contributed by atoms with Crippen molar-refractivity contribution in [1.82, 2.24) is 9.97 Å². The van der Waals surface area contributed by atoms with Crippen molar-refractivity contribution in [3.8, 4) is 11.9 Å². The molecule has 0 aliphatic rings. The molecule has 66 valence electrons. The second-order valence-electron chi connectivity index (χ2n) is 2.03. The van der Waals surface area contributed by atoms with Crippen LogP contribution < -0.4 is 4.74 Å². The Morgan fingerprint density at radius 2 is 2.38 bits per heavy atom. The van der Waals surface area contributed by atoms with Crippen LogP contribution in [0.4, 0.5) is 0 Å². The summed E-state index contributed by atoms with van der Waals surface area (Å²) in [5.41, 5.74) is 0.155. The van der Waals surface area contributed by atoms with Gasteiger partial charge in [0.25, 0.3) is 0 Å². The second kappa shape index (κ2) is 4.01. The lowest BCUT2D eigenvalue weighted by molar-refractivity contribution is -0.139. The highest BCUT2D eigenvalue weighted by molar-refractivity contribution is 5.68. The molecule has 0 saturated heterocycles. The van der Waals surface area contributed by atoms with E-state index in [1.807, 2.05) is 0 Å². The number of hydrogen-bond donors (Lipinski definition) is 1. The van der Waals surface area contributed by atoms with Crippen molar-refractivity contribution >= 4 is 5.97 Å². The number of aliphatic carboxylic acids is 1. The fraction of sp³-hybridized carbons (Fsp3) is 0.143. The molecule has 1 aromatic heterocycles. The maximum absolute atomic E-state index is 10.1. The number of rotatable bonds is 3. The number of nitrogens with zero attached hydrogens (tertiary/aromatic N) is 3. The molecule has 0 fully saturated rings. The third kappa shape index (κ3) is 2.75. The Hall–Kier alpha value is -2.16. The van der Waals surface area contributed by atoms with Gasteiger partial charge in [0.15, 0.2) is 12.3 Å². The molecule has 6 heteroatoms. The summed E-state index contributed by atoms with van der Waals surface area (Å²) in [6.45, 7) is -0.472. The lowest BCUT2D eigenvalue weighted by atomic mass is 10.5. The van der Waals surface area contributed by atoms with Gasteiger partial charge in [-0.25, -0.2) is 14.8 Å². The van der Waals surface area contributed by atoms with Crippen LogP contribution in [0.1, 0.15) is 5.69 Å². The quantitative estimate of drug-likeness (QED) is 0.690. The van der Waals surface area contributed by atoms with Gasteiger partial charge in [-0.05, 0) is 0 Å². The first-order valence-corrected chi connectivity index (χ1v) is 3.29. The lowest BCUT2D eigenvalue weighted by Gasteiger charge is -1.99. The van der Waals surface area contributed by atoms with E-state index in [1.54, 1.807) is 6.07 Å².